The van der Waals surface area contributed by atoms with Gasteiger partial charge in [-0.3, -0.25) is 4.79 Å². The van der Waals surface area contributed by atoms with Gasteiger partial charge in [0.1, 0.15) is 5.57 Å². The zero-order chi connectivity index (χ0) is 24.1. The molecule has 6 N–H and O–H groups in total. The highest BCUT2D eigenvalue weighted by molar-refractivity contribution is 6.23. The second-order valence-corrected chi connectivity index (χ2v) is 8.65. The van der Waals surface area contributed by atoms with Crippen LogP contribution in [-0.4, -0.2) is 60.0 Å². The van der Waals surface area contributed by atoms with Crippen molar-refractivity contribution in [2.75, 3.05) is 42.7 Å². The molecule has 2 aromatic rings. The molecular weight excluding hydrogens is 418 g/mol. The van der Waals surface area contributed by atoms with E-state index in [1.54, 1.807) is 24.3 Å². The Hall–Kier alpha value is -3.36. The second-order valence-electron chi connectivity index (χ2n) is 8.65. The molecule has 33 heavy (non-hydrogen) atoms. The fraction of sp³-hybridized carbons (Fsp3) is 0.360. The van der Waals surface area contributed by atoms with Gasteiger partial charge in [0.2, 0.25) is 5.76 Å². The maximum absolute atomic E-state index is 12.3. The first-order valence-corrected chi connectivity index (χ1v) is 11.0. The molecule has 1 aliphatic heterocycles. The van der Waals surface area contributed by atoms with Crippen LogP contribution in [-0.2, 0) is 4.79 Å². The SMILES string of the molecule is CC(=N)/C(C(=O)Nc1ccc(C(O)Nc2ccc(N3CCC(N(C)C)C3)cc2)cc1)=C(/C)[OH2+]. The van der Waals surface area contributed by atoms with E-state index < -0.39 is 12.1 Å². The van der Waals surface area contributed by atoms with Gasteiger partial charge in [-0.15, -0.1) is 0 Å². The van der Waals surface area contributed by atoms with Crippen LogP contribution in [0.15, 0.2) is 59.9 Å². The average molecular weight is 453 g/mol. The number of allylic oxidation sites excluding steroid dienone is 1. The van der Waals surface area contributed by atoms with E-state index in [9.17, 15) is 9.90 Å². The summed E-state index contributed by atoms with van der Waals surface area (Å²) in [5.41, 5.74) is 3.27. The highest BCUT2D eigenvalue weighted by Crippen LogP contribution is 2.25. The number of likely N-dealkylation sites (N-methyl/N-ethyl adjacent to an activating group) is 1. The van der Waals surface area contributed by atoms with Crippen molar-refractivity contribution in [2.45, 2.75) is 32.5 Å². The van der Waals surface area contributed by atoms with E-state index in [0.29, 0.717) is 17.3 Å². The summed E-state index contributed by atoms with van der Waals surface area (Å²) in [5, 5.41) is 31.7. The zero-order valence-electron chi connectivity index (χ0n) is 19.6. The van der Waals surface area contributed by atoms with Crippen molar-refractivity contribution >= 4 is 28.7 Å². The second kappa shape index (κ2) is 10.5. The van der Waals surface area contributed by atoms with Crippen molar-refractivity contribution < 1.29 is 15.0 Å². The molecule has 2 atom stereocenters. The number of hydrogen-bond donors (Lipinski definition) is 4. The van der Waals surface area contributed by atoms with Crippen molar-refractivity contribution in [3.8, 4) is 0 Å². The van der Waals surface area contributed by atoms with Crippen LogP contribution in [0.3, 0.4) is 0 Å². The average Bonchev–Trinajstić information content (AvgIpc) is 3.25. The number of anilines is 3. The number of aliphatic hydroxyl groups excluding tert-OH is 1. The molecule has 2 unspecified atom stereocenters. The fourth-order valence-electron chi connectivity index (χ4n) is 3.97. The summed E-state index contributed by atoms with van der Waals surface area (Å²) < 4.78 is 0. The molecule has 8 nitrogen and oxygen atoms in total. The van der Waals surface area contributed by atoms with E-state index in [2.05, 4.69) is 46.7 Å². The van der Waals surface area contributed by atoms with Gasteiger partial charge >= 0.3 is 0 Å². The Morgan fingerprint density at radius 2 is 1.73 bits per heavy atom. The molecule has 1 aliphatic rings. The summed E-state index contributed by atoms with van der Waals surface area (Å²) in [7, 11) is 4.24. The lowest BCUT2D eigenvalue weighted by molar-refractivity contribution is -0.112. The lowest BCUT2D eigenvalue weighted by Gasteiger charge is -2.22. The molecule has 2 aromatic carbocycles. The summed E-state index contributed by atoms with van der Waals surface area (Å²) in [4.78, 5) is 17.0. The predicted molar refractivity (Wildman–Crippen MR) is 134 cm³/mol. The van der Waals surface area contributed by atoms with Crippen LogP contribution in [0.4, 0.5) is 17.1 Å². The number of carbonyl (C=O) groups is 1. The summed E-state index contributed by atoms with van der Waals surface area (Å²) >= 11 is 0. The molecule has 0 bridgehead atoms. The monoisotopic (exact) mass is 452 g/mol. The van der Waals surface area contributed by atoms with E-state index in [1.807, 2.05) is 12.1 Å². The Balaban J connectivity index is 1.58. The predicted octanol–water partition coefficient (Wildman–Crippen LogP) is 2.91. The number of carbonyl (C=O) groups excluding carboxylic acids is 1. The largest absolute Gasteiger partial charge is 0.596 e. The molecule has 176 valence electrons. The first kappa shape index (κ1) is 24.3. The number of aliphatic hydroxyl groups is 1. The Morgan fingerprint density at radius 3 is 2.24 bits per heavy atom. The summed E-state index contributed by atoms with van der Waals surface area (Å²) in [6.45, 7) is 5.02. The number of hydrogen-bond acceptors (Lipinski definition) is 6. The Labute approximate surface area is 195 Å². The van der Waals surface area contributed by atoms with E-state index >= 15 is 0 Å². The fourth-order valence-corrected chi connectivity index (χ4v) is 3.97. The van der Waals surface area contributed by atoms with Crippen molar-refractivity contribution in [1.29, 1.82) is 5.41 Å². The normalized spacial score (nSPS) is 17.5. The number of nitrogens with one attached hydrogen (secondary N) is 3. The molecule has 0 aliphatic carbocycles. The Bertz CT molecular complexity index is 1010. The standard InChI is InChI=1S/C25H33N5O3/c1-16(26)23(17(2)31)25(33)28-19-7-5-18(6-8-19)24(32)27-20-9-11-21(12-10-20)30-14-13-22(15-30)29(3)4/h5-12,22,24,26-27,31-32H,13-15H2,1-4H3,(H,28,33)/p+1/b23-17+,26-16?. The topological polar surface area (TPSA) is 115 Å². The van der Waals surface area contributed by atoms with Crippen LogP contribution in [0.5, 0.6) is 0 Å². The minimum atomic E-state index is -0.903. The van der Waals surface area contributed by atoms with Crippen molar-refractivity contribution in [2.24, 2.45) is 0 Å². The van der Waals surface area contributed by atoms with Crippen molar-refractivity contribution in [1.82, 2.24) is 4.90 Å². The summed E-state index contributed by atoms with van der Waals surface area (Å²) in [5.74, 6) is -0.444. The highest BCUT2D eigenvalue weighted by atomic mass is 16.3. The van der Waals surface area contributed by atoms with E-state index in [0.717, 1.165) is 25.2 Å². The molecular formula is C25H34N5O3+. The van der Waals surface area contributed by atoms with Gasteiger partial charge in [-0.1, -0.05) is 12.1 Å². The minimum Gasteiger partial charge on any atom is -0.596 e. The molecule has 0 radical (unpaired) electrons. The quantitative estimate of drug-likeness (QED) is 0.162. The third kappa shape index (κ3) is 6.12. The lowest BCUT2D eigenvalue weighted by atomic mass is 10.1. The van der Waals surface area contributed by atoms with Gasteiger partial charge in [-0.25, -0.2) is 0 Å². The molecule has 0 aromatic heterocycles. The molecule has 1 amide bonds. The van der Waals surface area contributed by atoms with E-state index in [4.69, 9.17) is 10.5 Å². The van der Waals surface area contributed by atoms with Gasteiger partial charge in [-0.2, -0.15) is 0 Å². The molecule has 1 saturated heterocycles. The minimum absolute atomic E-state index is 0.0458. The maximum Gasteiger partial charge on any atom is 0.266 e. The van der Waals surface area contributed by atoms with Crippen LogP contribution in [0, 0.1) is 5.41 Å². The molecule has 0 saturated carbocycles. The molecule has 3 rings (SSSR count). The van der Waals surface area contributed by atoms with Gasteiger partial charge in [0.25, 0.3) is 5.91 Å². The molecule has 1 fully saturated rings. The smallest absolute Gasteiger partial charge is 0.266 e. The molecule has 8 heteroatoms. The number of rotatable bonds is 8. The first-order chi connectivity index (χ1) is 15.7. The van der Waals surface area contributed by atoms with E-state index in [1.165, 1.54) is 19.5 Å². The van der Waals surface area contributed by atoms with Gasteiger partial charge in [0.05, 0.1) is 0 Å². The summed E-state index contributed by atoms with van der Waals surface area (Å²) in [6, 6.07) is 15.5. The lowest BCUT2D eigenvalue weighted by Crippen LogP contribution is -2.31. The van der Waals surface area contributed by atoms with E-state index in [-0.39, 0.29) is 17.0 Å². The number of nitrogens with zero attached hydrogens (tertiary/aromatic N) is 2. The van der Waals surface area contributed by atoms with Gasteiger partial charge in [0.15, 0.2) is 6.23 Å². The number of benzene rings is 2. The van der Waals surface area contributed by atoms with Crippen molar-refractivity contribution in [3.63, 3.8) is 0 Å². The number of amides is 1. The van der Waals surface area contributed by atoms with Gasteiger partial charge in [-0.05, 0) is 63.8 Å². The van der Waals surface area contributed by atoms with Crippen molar-refractivity contribution in [3.05, 3.63) is 65.4 Å². The van der Waals surface area contributed by atoms with Crippen LogP contribution < -0.4 is 15.5 Å². The summed E-state index contributed by atoms with van der Waals surface area (Å²) in [6.07, 6.45) is 0.254. The zero-order valence-corrected chi connectivity index (χ0v) is 19.6. The first-order valence-electron chi connectivity index (χ1n) is 11.0. The molecule has 0 spiro atoms. The third-order valence-electron chi connectivity index (χ3n) is 5.89. The van der Waals surface area contributed by atoms with Crippen LogP contribution >= 0.6 is 0 Å². The van der Waals surface area contributed by atoms with Crippen LogP contribution in [0.25, 0.3) is 0 Å². The van der Waals surface area contributed by atoms with Crippen LogP contribution in [0.1, 0.15) is 32.1 Å². The maximum atomic E-state index is 12.3. The Kier molecular flexibility index (Phi) is 7.73. The third-order valence-corrected chi connectivity index (χ3v) is 5.89. The highest BCUT2D eigenvalue weighted by Gasteiger charge is 2.24. The van der Waals surface area contributed by atoms with Crippen LogP contribution in [0.2, 0.25) is 0 Å². The Morgan fingerprint density at radius 1 is 1.12 bits per heavy atom. The molecule has 1 heterocycles. The van der Waals surface area contributed by atoms with Gasteiger partial charge in [0, 0.05) is 54.4 Å². The van der Waals surface area contributed by atoms with Gasteiger partial charge < -0.3 is 36.1 Å².